The first-order valence-corrected chi connectivity index (χ1v) is 5.56. The van der Waals surface area contributed by atoms with Gasteiger partial charge in [0.05, 0.1) is 24.6 Å². The molecule has 100 valence electrons. The number of rotatable bonds is 4. The van der Waals surface area contributed by atoms with Gasteiger partial charge in [-0.15, -0.1) is 5.10 Å². The molecule has 0 unspecified atom stereocenters. The van der Waals surface area contributed by atoms with E-state index in [0.717, 1.165) is 0 Å². The first-order chi connectivity index (χ1) is 9.11. The van der Waals surface area contributed by atoms with Crippen molar-refractivity contribution in [2.75, 3.05) is 12.8 Å². The van der Waals surface area contributed by atoms with Crippen molar-refractivity contribution in [2.45, 2.75) is 6.61 Å². The predicted molar refractivity (Wildman–Crippen MR) is 67.5 cm³/mol. The van der Waals surface area contributed by atoms with Crippen LogP contribution in [0.25, 0.3) is 0 Å². The fourth-order valence-electron chi connectivity index (χ4n) is 1.58. The SMILES string of the molecule is COc1cccc(C(=O)OCc2cn(C)nn2)c1N. The van der Waals surface area contributed by atoms with E-state index in [4.69, 9.17) is 15.2 Å². The van der Waals surface area contributed by atoms with Crippen LogP contribution in [0.3, 0.4) is 0 Å². The van der Waals surface area contributed by atoms with E-state index in [1.54, 1.807) is 31.4 Å². The molecule has 0 radical (unpaired) electrons. The van der Waals surface area contributed by atoms with Gasteiger partial charge in [0.15, 0.2) is 0 Å². The van der Waals surface area contributed by atoms with Gasteiger partial charge in [-0.2, -0.15) is 0 Å². The Labute approximate surface area is 109 Å². The second kappa shape index (κ2) is 5.38. The normalized spacial score (nSPS) is 10.2. The summed E-state index contributed by atoms with van der Waals surface area (Å²) in [6.45, 7) is 0.0450. The number of esters is 1. The lowest BCUT2D eigenvalue weighted by molar-refractivity contribution is 0.0468. The number of aryl methyl sites for hydroxylation is 1. The average Bonchev–Trinajstić information content (AvgIpc) is 2.82. The molecule has 0 aliphatic carbocycles. The Balaban J connectivity index is 2.08. The van der Waals surface area contributed by atoms with Crippen LogP contribution >= 0.6 is 0 Å². The van der Waals surface area contributed by atoms with Gasteiger partial charge in [0.2, 0.25) is 0 Å². The molecule has 0 atom stereocenters. The fraction of sp³-hybridized carbons (Fsp3) is 0.250. The van der Waals surface area contributed by atoms with Crippen LogP contribution in [-0.2, 0) is 18.4 Å². The number of aromatic nitrogens is 3. The number of carbonyl (C=O) groups excluding carboxylic acids is 1. The minimum Gasteiger partial charge on any atom is -0.495 e. The molecule has 1 aromatic heterocycles. The van der Waals surface area contributed by atoms with E-state index < -0.39 is 5.97 Å². The van der Waals surface area contributed by atoms with Gasteiger partial charge in [-0.25, -0.2) is 4.79 Å². The summed E-state index contributed by atoms with van der Waals surface area (Å²) in [7, 11) is 3.22. The molecule has 0 spiro atoms. The molecule has 0 saturated carbocycles. The highest BCUT2D eigenvalue weighted by atomic mass is 16.5. The van der Waals surface area contributed by atoms with Gasteiger partial charge in [0.25, 0.3) is 0 Å². The number of anilines is 1. The van der Waals surface area contributed by atoms with Crippen LogP contribution in [0.4, 0.5) is 5.69 Å². The van der Waals surface area contributed by atoms with Crippen molar-refractivity contribution in [1.29, 1.82) is 0 Å². The van der Waals surface area contributed by atoms with Gasteiger partial charge in [0.1, 0.15) is 18.1 Å². The standard InChI is InChI=1S/C12H14N4O3/c1-16-6-8(14-15-16)7-19-12(17)9-4-3-5-10(18-2)11(9)13/h3-6H,7,13H2,1-2H3. The van der Waals surface area contributed by atoms with E-state index in [0.29, 0.717) is 11.4 Å². The predicted octanol–water partition coefficient (Wildman–Crippen LogP) is 0.763. The third-order valence-electron chi connectivity index (χ3n) is 2.51. The number of hydrogen-bond acceptors (Lipinski definition) is 6. The average molecular weight is 262 g/mol. The summed E-state index contributed by atoms with van der Waals surface area (Å²) in [5, 5.41) is 7.56. The van der Waals surface area contributed by atoms with Crippen molar-refractivity contribution in [3.8, 4) is 5.75 Å². The lowest BCUT2D eigenvalue weighted by Gasteiger charge is -2.09. The zero-order valence-corrected chi connectivity index (χ0v) is 10.7. The number of nitrogens with two attached hydrogens (primary N) is 1. The van der Waals surface area contributed by atoms with Gasteiger partial charge in [-0.3, -0.25) is 4.68 Å². The third-order valence-corrected chi connectivity index (χ3v) is 2.51. The van der Waals surface area contributed by atoms with Crippen LogP contribution in [0.2, 0.25) is 0 Å². The molecule has 2 rings (SSSR count). The number of para-hydroxylation sites is 1. The fourth-order valence-corrected chi connectivity index (χ4v) is 1.58. The van der Waals surface area contributed by atoms with Crippen LogP contribution in [0, 0.1) is 0 Å². The third kappa shape index (κ3) is 2.82. The summed E-state index contributed by atoms with van der Waals surface area (Å²) in [6, 6.07) is 4.93. The monoisotopic (exact) mass is 262 g/mol. The summed E-state index contributed by atoms with van der Waals surface area (Å²) in [6.07, 6.45) is 1.67. The van der Waals surface area contributed by atoms with Crippen molar-refractivity contribution >= 4 is 11.7 Å². The highest BCUT2D eigenvalue weighted by Crippen LogP contribution is 2.25. The number of nitrogen functional groups attached to an aromatic ring is 1. The van der Waals surface area contributed by atoms with Crippen LogP contribution in [0.1, 0.15) is 16.1 Å². The maximum atomic E-state index is 11.9. The van der Waals surface area contributed by atoms with Crippen molar-refractivity contribution in [1.82, 2.24) is 15.0 Å². The maximum Gasteiger partial charge on any atom is 0.340 e. The Bertz CT molecular complexity index is 594. The highest BCUT2D eigenvalue weighted by molar-refractivity contribution is 5.96. The smallest absolute Gasteiger partial charge is 0.340 e. The number of methoxy groups -OCH3 is 1. The lowest BCUT2D eigenvalue weighted by Crippen LogP contribution is -2.09. The van der Waals surface area contributed by atoms with Gasteiger partial charge < -0.3 is 15.2 Å². The number of benzene rings is 1. The molecule has 2 N–H and O–H groups in total. The van der Waals surface area contributed by atoms with Gasteiger partial charge in [-0.05, 0) is 12.1 Å². The molecular formula is C12H14N4O3. The molecule has 0 aliphatic heterocycles. The van der Waals surface area contributed by atoms with Crippen LogP contribution in [0.5, 0.6) is 5.75 Å². The zero-order chi connectivity index (χ0) is 13.8. The quantitative estimate of drug-likeness (QED) is 0.646. The van der Waals surface area contributed by atoms with Crippen molar-refractivity contribution in [3.63, 3.8) is 0 Å². The second-order valence-electron chi connectivity index (χ2n) is 3.88. The number of carbonyl (C=O) groups is 1. The Morgan fingerprint density at radius 3 is 2.89 bits per heavy atom. The van der Waals surface area contributed by atoms with Crippen molar-refractivity contribution in [2.24, 2.45) is 7.05 Å². The minimum atomic E-state index is -0.526. The Hall–Kier alpha value is -2.57. The molecule has 1 aromatic carbocycles. The molecule has 0 fully saturated rings. The summed E-state index contributed by atoms with van der Waals surface area (Å²) >= 11 is 0. The van der Waals surface area contributed by atoms with E-state index in [-0.39, 0.29) is 17.9 Å². The first kappa shape index (κ1) is 12.9. The molecular weight excluding hydrogens is 248 g/mol. The van der Waals surface area contributed by atoms with Crippen LogP contribution in [0.15, 0.2) is 24.4 Å². The van der Waals surface area contributed by atoms with Crippen molar-refractivity contribution in [3.05, 3.63) is 35.7 Å². The molecule has 1 heterocycles. The molecule has 0 aliphatic rings. The van der Waals surface area contributed by atoms with Gasteiger partial charge in [0, 0.05) is 7.05 Å². The lowest BCUT2D eigenvalue weighted by atomic mass is 10.1. The number of hydrogen-bond donors (Lipinski definition) is 1. The zero-order valence-electron chi connectivity index (χ0n) is 10.7. The van der Waals surface area contributed by atoms with Gasteiger partial charge >= 0.3 is 5.97 Å². The molecule has 2 aromatic rings. The largest absolute Gasteiger partial charge is 0.495 e. The van der Waals surface area contributed by atoms with E-state index in [2.05, 4.69) is 10.3 Å². The first-order valence-electron chi connectivity index (χ1n) is 5.56. The minimum absolute atomic E-state index is 0.0450. The molecule has 0 bridgehead atoms. The number of ether oxygens (including phenoxy) is 2. The molecule has 0 saturated heterocycles. The van der Waals surface area contributed by atoms with Crippen LogP contribution in [-0.4, -0.2) is 28.1 Å². The highest BCUT2D eigenvalue weighted by Gasteiger charge is 2.15. The summed E-state index contributed by atoms with van der Waals surface area (Å²) in [4.78, 5) is 11.9. The van der Waals surface area contributed by atoms with E-state index in [1.807, 2.05) is 0 Å². The molecule has 7 nitrogen and oxygen atoms in total. The Morgan fingerprint density at radius 2 is 2.26 bits per heavy atom. The summed E-state index contributed by atoms with van der Waals surface area (Å²) < 4.78 is 11.7. The maximum absolute atomic E-state index is 11.9. The van der Waals surface area contributed by atoms with Crippen molar-refractivity contribution < 1.29 is 14.3 Å². The summed E-state index contributed by atoms with van der Waals surface area (Å²) in [5.74, 6) is -0.0870. The Kier molecular flexibility index (Phi) is 3.65. The summed E-state index contributed by atoms with van der Waals surface area (Å²) in [5.41, 5.74) is 6.90. The van der Waals surface area contributed by atoms with E-state index in [9.17, 15) is 4.79 Å². The number of nitrogens with zero attached hydrogens (tertiary/aromatic N) is 3. The van der Waals surface area contributed by atoms with Gasteiger partial charge in [-0.1, -0.05) is 11.3 Å². The van der Waals surface area contributed by atoms with Crippen LogP contribution < -0.4 is 10.5 Å². The molecule has 0 amide bonds. The Morgan fingerprint density at radius 1 is 1.47 bits per heavy atom. The molecule has 7 heteroatoms. The van der Waals surface area contributed by atoms with E-state index in [1.165, 1.54) is 11.8 Å². The second-order valence-corrected chi connectivity index (χ2v) is 3.88. The van der Waals surface area contributed by atoms with E-state index >= 15 is 0 Å². The molecule has 19 heavy (non-hydrogen) atoms. The topological polar surface area (TPSA) is 92.3 Å².